The predicted octanol–water partition coefficient (Wildman–Crippen LogP) is 2.57. The fraction of sp³-hybridized carbons (Fsp3) is 0.571. The Balaban J connectivity index is 0.00000113. The predicted molar refractivity (Wildman–Crippen MR) is 115 cm³/mol. The molecule has 0 aliphatic rings. The zero-order chi connectivity index (χ0) is 22.6. The van der Waals surface area contributed by atoms with Crippen molar-refractivity contribution in [2.75, 3.05) is 39.0 Å². The number of para-hydroxylation sites is 1. The van der Waals surface area contributed by atoms with Gasteiger partial charge < -0.3 is 25.7 Å². The van der Waals surface area contributed by atoms with Gasteiger partial charge in [0, 0.05) is 5.69 Å². The van der Waals surface area contributed by atoms with Gasteiger partial charge in [-0.15, -0.1) is 0 Å². The van der Waals surface area contributed by atoms with Crippen molar-refractivity contribution in [3.8, 4) is 0 Å². The molecule has 29 heavy (non-hydrogen) atoms. The second-order valence-electron chi connectivity index (χ2n) is 7.61. The van der Waals surface area contributed by atoms with Gasteiger partial charge in [0.25, 0.3) is 0 Å². The Bertz CT molecular complexity index is 634. The van der Waals surface area contributed by atoms with Crippen LogP contribution in [0.3, 0.4) is 0 Å². The Morgan fingerprint density at radius 3 is 1.83 bits per heavy atom. The van der Waals surface area contributed by atoms with Gasteiger partial charge in [0.15, 0.2) is 0 Å². The smallest absolute Gasteiger partial charge is 0.414 e. The number of nitrogens with zero attached hydrogens (tertiary/aromatic N) is 1. The Hall–Kier alpha value is -2.45. The molecule has 0 fully saturated rings. The SMILES string of the molecule is CC(C)c1cccc(C(C)C)c1NC(=O)CNCCCN(C)C.O=C(O)C(=O)O. The van der Waals surface area contributed by atoms with Gasteiger partial charge in [-0.1, -0.05) is 45.9 Å². The summed E-state index contributed by atoms with van der Waals surface area (Å²) in [4.78, 5) is 32.6. The van der Waals surface area contributed by atoms with Crippen LogP contribution < -0.4 is 10.6 Å². The molecule has 0 unspecified atom stereocenters. The van der Waals surface area contributed by atoms with Gasteiger partial charge in [0.2, 0.25) is 5.91 Å². The van der Waals surface area contributed by atoms with Crippen molar-refractivity contribution in [3.05, 3.63) is 29.3 Å². The first-order valence-corrected chi connectivity index (χ1v) is 9.71. The maximum atomic E-state index is 12.3. The van der Waals surface area contributed by atoms with Crippen LogP contribution in [0.15, 0.2) is 18.2 Å². The Morgan fingerprint density at radius 1 is 0.966 bits per heavy atom. The second kappa shape index (κ2) is 13.7. The van der Waals surface area contributed by atoms with E-state index in [1.807, 2.05) is 0 Å². The van der Waals surface area contributed by atoms with Crippen LogP contribution in [0.2, 0.25) is 0 Å². The molecule has 0 aromatic heterocycles. The Labute approximate surface area is 173 Å². The largest absolute Gasteiger partial charge is 0.473 e. The molecule has 164 valence electrons. The summed E-state index contributed by atoms with van der Waals surface area (Å²) in [7, 11) is 4.12. The number of carboxylic acid groups (broad SMARTS) is 2. The topological polar surface area (TPSA) is 119 Å². The molecule has 1 rings (SSSR count). The zero-order valence-corrected chi connectivity index (χ0v) is 18.3. The molecule has 1 aromatic rings. The minimum absolute atomic E-state index is 0.0323. The first-order chi connectivity index (χ1) is 13.5. The average molecular weight is 410 g/mol. The lowest BCUT2D eigenvalue weighted by Crippen LogP contribution is -2.30. The molecule has 0 radical (unpaired) electrons. The lowest BCUT2D eigenvalue weighted by atomic mass is 9.92. The summed E-state index contributed by atoms with van der Waals surface area (Å²) in [6, 6.07) is 6.30. The van der Waals surface area contributed by atoms with Crippen molar-refractivity contribution >= 4 is 23.5 Å². The molecule has 8 nitrogen and oxygen atoms in total. The summed E-state index contributed by atoms with van der Waals surface area (Å²) in [5.74, 6) is -2.84. The quantitative estimate of drug-likeness (QED) is 0.365. The summed E-state index contributed by atoms with van der Waals surface area (Å²) >= 11 is 0. The number of carbonyl (C=O) groups is 3. The highest BCUT2D eigenvalue weighted by Crippen LogP contribution is 2.32. The second-order valence-corrected chi connectivity index (χ2v) is 7.61. The number of carboxylic acids is 2. The standard InChI is InChI=1S/C19H33N3O.C2H2O4/c1-14(2)16-9-7-10-17(15(3)4)19(16)21-18(23)13-20-11-8-12-22(5)6;3-1(4)2(5)6/h7,9-10,14-15,20H,8,11-13H2,1-6H3,(H,21,23);(H,3,4)(H,5,6). The van der Waals surface area contributed by atoms with Gasteiger partial charge >= 0.3 is 11.9 Å². The van der Waals surface area contributed by atoms with Crippen molar-refractivity contribution in [2.24, 2.45) is 0 Å². The first-order valence-electron chi connectivity index (χ1n) is 9.71. The number of amides is 1. The van der Waals surface area contributed by atoms with Crippen molar-refractivity contribution in [1.82, 2.24) is 10.2 Å². The Kier molecular flexibility index (Phi) is 12.5. The highest BCUT2D eigenvalue weighted by Gasteiger charge is 2.15. The summed E-state index contributed by atoms with van der Waals surface area (Å²) in [6.45, 7) is 10.9. The fourth-order valence-electron chi connectivity index (χ4n) is 2.60. The third-order valence-electron chi connectivity index (χ3n) is 4.06. The molecule has 0 aliphatic carbocycles. The van der Waals surface area contributed by atoms with E-state index in [4.69, 9.17) is 19.8 Å². The van der Waals surface area contributed by atoms with Gasteiger partial charge in [0.1, 0.15) is 0 Å². The highest BCUT2D eigenvalue weighted by atomic mass is 16.4. The maximum absolute atomic E-state index is 12.3. The molecule has 0 heterocycles. The van der Waals surface area contributed by atoms with E-state index < -0.39 is 11.9 Å². The van der Waals surface area contributed by atoms with Crippen molar-refractivity contribution in [3.63, 3.8) is 0 Å². The third kappa shape index (κ3) is 11.2. The van der Waals surface area contributed by atoms with Crippen LogP contribution in [-0.4, -0.2) is 66.7 Å². The number of nitrogens with one attached hydrogen (secondary N) is 2. The fourth-order valence-corrected chi connectivity index (χ4v) is 2.60. The molecule has 0 saturated heterocycles. The van der Waals surface area contributed by atoms with E-state index >= 15 is 0 Å². The number of aliphatic carboxylic acids is 2. The summed E-state index contributed by atoms with van der Waals surface area (Å²) in [6.07, 6.45) is 1.04. The minimum atomic E-state index is -1.82. The zero-order valence-electron chi connectivity index (χ0n) is 18.3. The van der Waals surface area contributed by atoms with E-state index in [0.717, 1.165) is 25.2 Å². The lowest BCUT2D eigenvalue weighted by molar-refractivity contribution is -0.159. The van der Waals surface area contributed by atoms with Crippen molar-refractivity contribution in [1.29, 1.82) is 0 Å². The average Bonchev–Trinajstić information content (AvgIpc) is 2.61. The number of hydrogen-bond donors (Lipinski definition) is 4. The number of carbonyl (C=O) groups excluding carboxylic acids is 1. The molecule has 0 aliphatic heterocycles. The van der Waals surface area contributed by atoms with Crippen LogP contribution in [-0.2, 0) is 14.4 Å². The molecule has 1 aromatic carbocycles. The van der Waals surface area contributed by atoms with E-state index in [1.165, 1.54) is 11.1 Å². The van der Waals surface area contributed by atoms with Crippen LogP contribution >= 0.6 is 0 Å². The molecule has 8 heteroatoms. The van der Waals surface area contributed by atoms with Gasteiger partial charge in [-0.3, -0.25) is 4.79 Å². The normalized spacial score (nSPS) is 10.7. The van der Waals surface area contributed by atoms with Gasteiger partial charge in [-0.25, -0.2) is 9.59 Å². The summed E-state index contributed by atoms with van der Waals surface area (Å²) in [5, 5.41) is 21.1. The lowest BCUT2D eigenvalue weighted by Gasteiger charge is -2.20. The first kappa shape index (κ1) is 26.6. The van der Waals surface area contributed by atoms with E-state index in [9.17, 15) is 4.79 Å². The van der Waals surface area contributed by atoms with Gasteiger partial charge in [-0.2, -0.15) is 0 Å². The van der Waals surface area contributed by atoms with Crippen LogP contribution in [0, 0.1) is 0 Å². The molecule has 0 atom stereocenters. The Morgan fingerprint density at radius 2 is 1.45 bits per heavy atom. The van der Waals surface area contributed by atoms with E-state index in [2.05, 4.69) is 75.5 Å². The summed E-state index contributed by atoms with van der Waals surface area (Å²) in [5.41, 5.74) is 3.41. The van der Waals surface area contributed by atoms with Crippen LogP contribution in [0.25, 0.3) is 0 Å². The number of hydrogen-bond acceptors (Lipinski definition) is 5. The highest BCUT2D eigenvalue weighted by molar-refractivity contribution is 6.27. The van der Waals surface area contributed by atoms with Crippen molar-refractivity contribution < 1.29 is 24.6 Å². The van der Waals surface area contributed by atoms with E-state index in [-0.39, 0.29) is 5.91 Å². The van der Waals surface area contributed by atoms with Gasteiger partial charge in [0.05, 0.1) is 6.54 Å². The van der Waals surface area contributed by atoms with Crippen LogP contribution in [0.4, 0.5) is 5.69 Å². The minimum Gasteiger partial charge on any atom is -0.473 e. The molecule has 0 bridgehead atoms. The molecule has 0 saturated carbocycles. The molecular formula is C21H35N3O5. The van der Waals surface area contributed by atoms with Crippen LogP contribution in [0.1, 0.15) is 57.1 Å². The number of benzene rings is 1. The van der Waals surface area contributed by atoms with E-state index in [0.29, 0.717) is 18.4 Å². The monoisotopic (exact) mass is 409 g/mol. The summed E-state index contributed by atoms with van der Waals surface area (Å²) < 4.78 is 0. The van der Waals surface area contributed by atoms with E-state index in [1.54, 1.807) is 0 Å². The third-order valence-corrected chi connectivity index (χ3v) is 4.06. The number of rotatable bonds is 9. The van der Waals surface area contributed by atoms with Gasteiger partial charge in [-0.05, 0) is 56.6 Å². The number of anilines is 1. The molecular weight excluding hydrogens is 374 g/mol. The molecule has 4 N–H and O–H groups in total. The molecule has 0 spiro atoms. The maximum Gasteiger partial charge on any atom is 0.414 e. The van der Waals surface area contributed by atoms with Crippen molar-refractivity contribution in [2.45, 2.75) is 46.0 Å². The molecule has 1 amide bonds. The van der Waals surface area contributed by atoms with Crippen LogP contribution in [0.5, 0.6) is 0 Å².